The van der Waals surface area contributed by atoms with Gasteiger partial charge >= 0.3 is 12.1 Å². The second-order valence-corrected chi connectivity index (χ2v) is 4.75. The van der Waals surface area contributed by atoms with Crippen molar-refractivity contribution in [1.82, 2.24) is 0 Å². The second kappa shape index (κ2) is 5.12. The molecule has 1 unspecified atom stereocenters. The first-order valence-electron chi connectivity index (χ1n) is 5.66. The van der Waals surface area contributed by atoms with Gasteiger partial charge < -0.3 is 5.11 Å². The van der Waals surface area contributed by atoms with Crippen molar-refractivity contribution in [3.8, 4) is 0 Å². The third-order valence-electron chi connectivity index (χ3n) is 2.87. The molecule has 20 heavy (non-hydrogen) atoms. The molecule has 0 aliphatic rings. The zero-order valence-electron chi connectivity index (χ0n) is 10.8. The number of hydrogen-bond donors (Lipinski definition) is 1. The topological polar surface area (TPSA) is 37.3 Å². The standard InChI is InChI=1S/C13H13F5O2/c1-8(19)9-5-3-4-6-10(9)11(2,20)7-12(14,15)13(16,17)18/h3-6,20H,7H2,1-2H3. The predicted molar refractivity (Wildman–Crippen MR) is 61.6 cm³/mol. The first-order valence-corrected chi connectivity index (χ1v) is 5.66. The molecule has 112 valence electrons. The number of ketones is 1. The quantitative estimate of drug-likeness (QED) is 0.679. The summed E-state index contributed by atoms with van der Waals surface area (Å²) in [5, 5.41) is 9.98. The third kappa shape index (κ3) is 3.33. The molecule has 1 aromatic rings. The highest BCUT2D eigenvalue weighted by Gasteiger charge is 2.60. The van der Waals surface area contributed by atoms with Gasteiger partial charge in [0, 0.05) is 5.56 Å². The van der Waals surface area contributed by atoms with E-state index < -0.39 is 29.9 Å². The van der Waals surface area contributed by atoms with Crippen LogP contribution in [-0.2, 0) is 5.60 Å². The molecular formula is C13H13F5O2. The zero-order valence-corrected chi connectivity index (χ0v) is 10.8. The lowest BCUT2D eigenvalue weighted by Crippen LogP contribution is -2.43. The summed E-state index contributed by atoms with van der Waals surface area (Å²) in [6.45, 7) is 1.96. The molecule has 0 amide bonds. The normalized spacial score (nSPS) is 15.8. The number of halogens is 5. The molecule has 7 heteroatoms. The largest absolute Gasteiger partial charge is 0.453 e. The van der Waals surface area contributed by atoms with E-state index in [4.69, 9.17) is 0 Å². The Labute approximate surface area is 112 Å². The van der Waals surface area contributed by atoms with Gasteiger partial charge in [-0.25, -0.2) is 0 Å². The maximum Gasteiger partial charge on any atom is 0.453 e. The highest BCUT2D eigenvalue weighted by atomic mass is 19.4. The number of hydrogen-bond acceptors (Lipinski definition) is 2. The van der Waals surface area contributed by atoms with Gasteiger partial charge in [-0.15, -0.1) is 0 Å². The minimum absolute atomic E-state index is 0.0875. The van der Waals surface area contributed by atoms with Crippen LogP contribution in [0.4, 0.5) is 22.0 Å². The van der Waals surface area contributed by atoms with E-state index >= 15 is 0 Å². The summed E-state index contributed by atoms with van der Waals surface area (Å²) in [5.41, 5.74) is -2.83. The molecule has 0 aliphatic carbocycles. The minimum atomic E-state index is -5.76. The fraction of sp³-hybridized carbons (Fsp3) is 0.462. The van der Waals surface area contributed by atoms with Gasteiger partial charge in [0.15, 0.2) is 5.78 Å². The monoisotopic (exact) mass is 296 g/mol. The van der Waals surface area contributed by atoms with Gasteiger partial charge in [0.2, 0.25) is 0 Å². The summed E-state index contributed by atoms with van der Waals surface area (Å²) >= 11 is 0. The van der Waals surface area contributed by atoms with E-state index in [-0.39, 0.29) is 11.1 Å². The van der Waals surface area contributed by atoms with Gasteiger partial charge in [0.25, 0.3) is 0 Å². The number of carbonyl (C=O) groups excluding carboxylic acids is 1. The number of carbonyl (C=O) groups is 1. The van der Waals surface area contributed by atoms with Crippen LogP contribution in [0.1, 0.15) is 36.2 Å². The average molecular weight is 296 g/mol. The van der Waals surface area contributed by atoms with Crippen LogP contribution in [0.15, 0.2) is 24.3 Å². The van der Waals surface area contributed by atoms with E-state index in [1.165, 1.54) is 18.2 Å². The van der Waals surface area contributed by atoms with Gasteiger partial charge in [0.1, 0.15) is 0 Å². The van der Waals surface area contributed by atoms with E-state index in [2.05, 4.69) is 0 Å². The van der Waals surface area contributed by atoms with Gasteiger partial charge in [-0.3, -0.25) is 4.79 Å². The van der Waals surface area contributed by atoms with Crippen LogP contribution >= 0.6 is 0 Å². The number of Topliss-reactive ketones (excluding diaryl/α,β-unsaturated/α-hetero) is 1. The molecule has 0 bridgehead atoms. The summed E-state index contributed by atoms with van der Waals surface area (Å²) in [6.07, 6.45) is -7.62. The molecule has 0 aromatic heterocycles. The fourth-order valence-electron chi connectivity index (χ4n) is 1.89. The van der Waals surface area contributed by atoms with Crippen LogP contribution in [0.5, 0.6) is 0 Å². The van der Waals surface area contributed by atoms with E-state index in [9.17, 15) is 31.9 Å². The lowest BCUT2D eigenvalue weighted by atomic mass is 9.85. The van der Waals surface area contributed by atoms with Crippen LogP contribution in [-0.4, -0.2) is 23.0 Å². The Morgan fingerprint density at radius 2 is 1.65 bits per heavy atom. The molecule has 0 saturated carbocycles. The van der Waals surface area contributed by atoms with Gasteiger partial charge in [-0.2, -0.15) is 22.0 Å². The Hall–Kier alpha value is -1.50. The van der Waals surface area contributed by atoms with Crippen molar-refractivity contribution in [1.29, 1.82) is 0 Å². The van der Waals surface area contributed by atoms with Crippen LogP contribution in [0, 0.1) is 0 Å². The molecule has 1 atom stereocenters. The molecule has 1 N–H and O–H groups in total. The van der Waals surface area contributed by atoms with Crippen molar-refractivity contribution in [3.63, 3.8) is 0 Å². The van der Waals surface area contributed by atoms with Crippen LogP contribution < -0.4 is 0 Å². The van der Waals surface area contributed by atoms with E-state index in [0.717, 1.165) is 19.9 Å². The Morgan fingerprint density at radius 1 is 1.15 bits per heavy atom. The summed E-state index contributed by atoms with van der Waals surface area (Å²) in [7, 11) is 0. The van der Waals surface area contributed by atoms with Crippen molar-refractivity contribution < 1.29 is 31.9 Å². The van der Waals surface area contributed by atoms with Gasteiger partial charge in [-0.05, 0) is 19.4 Å². The zero-order chi connectivity index (χ0) is 15.8. The van der Waals surface area contributed by atoms with Crippen LogP contribution in [0.25, 0.3) is 0 Å². The summed E-state index contributed by atoms with van der Waals surface area (Å²) in [4.78, 5) is 11.4. The second-order valence-electron chi connectivity index (χ2n) is 4.75. The molecule has 0 heterocycles. The minimum Gasteiger partial charge on any atom is -0.385 e. The lowest BCUT2D eigenvalue weighted by molar-refractivity contribution is -0.297. The maximum absolute atomic E-state index is 13.1. The maximum atomic E-state index is 13.1. The molecular weight excluding hydrogens is 283 g/mol. The van der Waals surface area contributed by atoms with Crippen molar-refractivity contribution in [2.75, 3.05) is 0 Å². The van der Waals surface area contributed by atoms with E-state index in [1.54, 1.807) is 0 Å². The number of alkyl halides is 5. The Morgan fingerprint density at radius 3 is 2.10 bits per heavy atom. The SMILES string of the molecule is CC(=O)c1ccccc1C(C)(O)CC(F)(F)C(F)(F)F. The highest BCUT2D eigenvalue weighted by Crippen LogP contribution is 2.44. The van der Waals surface area contributed by atoms with Crippen LogP contribution in [0.3, 0.4) is 0 Å². The Bertz CT molecular complexity index is 506. The number of aliphatic hydroxyl groups is 1. The molecule has 0 fully saturated rings. The smallest absolute Gasteiger partial charge is 0.385 e. The Kier molecular flexibility index (Phi) is 4.24. The van der Waals surface area contributed by atoms with Gasteiger partial charge in [0.05, 0.1) is 12.0 Å². The summed E-state index contributed by atoms with van der Waals surface area (Å²) < 4.78 is 62.8. The summed E-state index contributed by atoms with van der Waals surface area (Å²) in [5.74, 6) is -5.59. The van der Waals surface area contributed by atoms with Crippen molar-refractivity contribution in [2.24, 2.45) is 0 Å². The van der Waals surface area contributed by atoms with E-state index in [1.807, 2.05) is 0 Å². The summed E-state index contributed by atoms with van der Waals surface area (Å²) in [6, 6.07) is 5.20. The molecule has 0 spiro atoms. The van der Waals surface area contributed by atoms with E-state index in [0.29, 0.717) is 0 Å². The molecule has 0 radical (unpaired) electrons. The molecule has 0 aliphatic heterocycles. The third-order valence-corrected chi connectivity index (χ3v) is 2.87. The first kappa shape index (κ1) is 16.6. The Balaban J connectivity index is 3.22. The van der Waals surface area contributed by atoms with Gasteiger partial charge in [-0.1, -0.05) is 24.3 Å². The van der Waals surface area contributed by atoms with Crippen molar-refractivity contribution in [3.05, 3.63) is 35.4 Å². The fourth-order valence-corrected chi connectivity index (χ4v) is 1.89. The molecule has 1 rings (SSSR count). The predicted octanol–water partition coefficient (Wildman–Crippen LogP) is 3.68. The molecule has 2 nitrogen and oxygen atoms in total. The highest BCUT2D eigenvalue weighted by molar-refractivity contribution is 5.95. The van der Waals surface area contributed by atoms with Crippen molar-refractivity contribution >= 4 is 5.78 Å². The number of benzene rings is 1. The molecule has 1 aromatic carbocycles. The average Bonchev–Trinajstić information content (AvgIpc) is 2.26. The number of rotatable bonds is 4. The van der Waals surface area contributed by atoms with Crippen LogP contribution in [0.2, 0.25) is 0 Å². The molecule has 0 saturated heterocycles. The first-order chi connectivity index (χ1) is 8.88. The lowest BCUT2D eigenvalue weighted by Gasteiger charge is -2.31. The van der Waals surface area contributed by atoms with Crippen molar-refractivity contribution in [2.45, 2.75) is 38.0 Å².